The summed E-state index contributed by atoms with van der Waals surface area (Å²) in [7, 11) is -11.7. The van der Waals surface area contributed by atoms with Crippen molar-refractivity contribution in [3.8, 4) is 0 Å². The minimum atomic E-state index is -5.81. The van der Waals surface area contributed by atoms with Gasteiger partial charge in [0.2, 0.25) is 0 Å². The molecule has 21 heavy (non-hydrogen) atoms. The van der Waals surface area contributed by atoms with Gasteiger partial charge in [-0.1, -0.05) is 26.7 Å². The molecule has 0 radical (unpaired) electrons. The van der Waals surface area contributed by atoms with Gasteiger partial charge >= 0.3 is 15.5 Å². The van der Waals surface area contributed by atoms with Gasteiger partial charge in [-0.25, -0.2) is 16.8 Å². The lowest BCUT2D eigenvalue weighted by molar-refractivity contribution is -0.0441. The van der Waals surface area contributed by atoms with Crippen molar-refractivity contribution >= 4 is 36.3 Å². The summed E-state index contributed by atoms with van der Waals surface area (Å²) in [6, 6.07) is 0. The van der Waals surface area contributed by atoms with Gasteiger partial charge in [0.25, 0.3) is 0 Å². The van der Waals surface area contributed by atoms with Gasteiger partial charge in [-0.05, 0) is 18.2 Å². The van der Waals surface area contributed by atoms with Crippen LogP contribution in [0.15, 0.2) is 0 Å². The van der Waals surface area contributed by atoms with Crippen molar-refractivity contribution in [1.82, 2.24) is 8.25 Å². The Morgan fingerprint density at radius 1 is 1.14 bits per heavy atom. The Balaban J connectivity index is 5.31. The first-order valence-corrected chi connectivity index (χ1v) is 10.5. The monoisotopic (exact) mass is 372 g/mol. The van der Waals surface area contributed by atoms with E-state index >= 15 is 0 Å². The molecule has 0 spiro atoms. The molecule has 0 amide bonds. The van der Waals surface area contributed by atoms with E-state index in [4.69, 9.17) is 0 Å². The maximum atomic E-state index is 12.3. The number of unbranched alkanes of at least 4 members (excludes halogenated alkanes) is 2. The second-order valence-electron chi connectivity index (χ2n) is 4.08. The maximum absolute atomic E-state index is 12.3. The van der Waals surface area contributed by atoms with Crippen LogP contribution in [0.2, 0.25) is 0 Å². The molecule has 0 saturated heterocycles. The van der Waals surface area contributed by atoms with E-state index in [2.05, 4.69) is 0 Å². The Morgan fingerprint density at radius 3 is 2.14 bits per heavy atom. The van der Waals surface area contributed by atoms with Crippen LogP contribution in [0.1, 0.15) is 39.5 Å². The van der Waals surface area contributed by atoms with Crippen molar-refractivity contribution in [2.75, 3.05) is 5.75 Å². The maximum Gasteiger partial charge on any atom is 0.512 e. The van der Waals surface area contributed by atoms with Gasteiger partial charge in [-0.3, -0.25) is 0 Å². The summed E-state index contributed by atoms with van der Waals surface area (Å²) in [6.45, 7) is 3.48. The number of hydrogen-bond donors (Lipinski definition) is 2. The fraction of sp³-hybridized carbons (Fsp3) is 0.889. The third kappa shape index (κ3) is 7.58. The molecule has 0 fully saturated rings. The third-order valence-electron chi connectivity index (χ3n) is 2.08. The number of halogens is 3. The number of alkyl halides is 3. The van der Waals surface area contributed by atoms with Crippen LogP contribution in [0.25, 0.3) is 0 Å². The molecule has 0 aromatic carbocycles. The molecule has 0 aromatic rings. The van der Waals surface area contributed by atoms with Gasteiger partial charge in [0.1, 0.15) is 20.9 Å². The highest BCUT2D eigenvalue weighted by atomic mass is 32.3. The van der Waals surface area contributed by atoms with Crippen LogP contribution in [-0.4, -0.2) is 33.5 Å². The van der Waals surface area contributed by atoms with E-state index in [-0.39, 0.29) is 12.2 Å². The van der Waals surface area contributed by atoms with E-state index in [0.29, 0.717) is 19.3 Å². The molecule has 0 aliphatic heterocycles. The minimum Gasteiger partial charge on any atom is -0.242 e. The van der Waals surface area contributed by atoms with Crippen molar-refractivity contribution in [2.45, 2.75) is 45.0 Å². The molecular weight excluding hydrogens is 353 g/mol. The van der Waals surface area contributed by atoms with Gasteiger partial charge in [0.15, 0.2) is 0 Å². The lowest BCUT2D eigenvalue weighted by atomic mass is 10.4. The Labute approximate surface area is 125 Å². The molecular formula is C9H19F3N2O4S3. The first kappa shape index (κ1) is 20.8. The normalized spacial score (nSPS) is 17.2. The smallest absolute Gasteiger partial charge is 0.242 e. The molecule has 0 aliphatic carbocycles. The van der Waals surface area contributed by atoms with Crippen LogP contribution < -0.4 is 8.25 Å². The molecule has 0 aliphatic rings. The fourth-order valence-electron chi connectivity index (χ4n) is 1.03. The number of rotatable bonds is 9. The number of sulfonamides is 1. The predicted molar refractivity (Wildman–Crippen MR) is 78.3 cm³/mol. The zero-order valence-corrected chi connectivity index (χ0v) is 14.1. The number of hydrogen-bond acceptors (Lipinski definition) is 4. The lowest BCUT2D eigenvalue weighted by Gasteiger charge is -2.15. The van der Waals surface area contributed by atoms with Crippen molar-refractivity contribution in [1.29, 1.82) is 0 Å². The van der Waals surface area contributed by atoms with Gasteiger partial charge < -0.3 is 0 Å². The first-order chi connectivity index (χ1) is 9.47. The van der Waals surface area contributed by atoms with Gasteiger partial charge in [0.05, 0.1) is 0 Å². The molecule has 0 rings (SSSR count). The minimum absolute atomic E-state index is 0.0567. The summed E-state index contributed by atoms with van der Waals surface area (Å²) in [5.74, 6) is 0.0567. The Bertz CT molecular complexity index is 565. The summed E-state index contributed by atoms with van der Waals surface area (Å²) >= 11 is 0. The molecule has 2 N–H and O–H groups in total. The van der Waals surface area contributed by atoms with Crippen LogP contribution in [-0.2, 0) is 30.9 Å². The quantitative estimate of drug-likeness (QED) is 0.595. The van der Waals surface area contributed by atoms with Crippen LogP contribution in [0, 0.1) is 0 Å². The summed E-state index contributed by atoms with van der Waals surface area (Å²) in [4.78, 5) is 0. The highest BCUT2D eigenvalue weighted by Crippen LogP contribution is 2.22. The Kier molecular flexibility index (Phi) is 8.39. The summed E-state index contributed by atoms with van der Waals surface area (Å²) in [5, 5.41) is 0.875. The highest BCUT2D eigenvalue weighted by Gasteiger charge is 2.47. The average molecular weight is 372 g/mol. The predicted octanol–water partition coefficient (Wildman–Crippen LogP) is 1.20. The van der Waals surface area contributed by atoms with Crippen LogP contribution in [0.3, 0.4) is 0 Å². The van der Waals surface area contributed by atoms with E-state index in [9.17, 15) is 30.0 Å². The average Bonchev–Trinajstić information content (AvgIpc) is 2.31. The summed E-state index contributed by atoms with van der Waals surface area (Å²) in [5.41, 5.74) is -5.59. The molecule has 0 aromatic heterocycles. The van der Waals surface area contributed by atoms with Gasteiger partial charge in [-0.2, -0.15) is 17.3 Å². The molecule has 6 nitrogen and oxygen atoms in total. The summed E-state index contributed by atoms with van der Waals surface area (Å²) < 4.78 is 85.9. The van der Waals surface area contributed by atoms with E-state index in [1.54, 1.807) is 6.92 Å². The molecule has 0 saturated carbocycles. The van der Waals surface area contributed by atoms with E-state index in [1.807, 2.05) is 11.1 Å². The number of nitrogens with one attached hydrogen (secondary N) is 2. The molecule has 12 heteroatoms. The van der Waals surface area contributed by atoms with Crippen LogP contribution >= 0.6 is 0 Å². The second-order valence-corrected chi connectivity index (χ2v) is 9.51. The highest BCUT2D eigenvalue weighted by molar-refractivity contribution is 8.13. The lowest BCUT2D eigenvalue weighted by Crippen LogP contribution is -2.47. The van der Waals surface area contributed by atoms with Gasteiger partial charge in [-0.15, -0.1) is 4.13 Å². The molecule has 2 unspecified atom stereocenters. The molecule has 2 atom stereocenters. The van der Waals surface area contributed by atoms with Crippen molar-refractivity contribution < 1.29 is 30.0 Å². The topological polar surface area (TPSA) is 92.3 Å². The van der Waals surface area contributed by atoms with Crippen LogP contribution in [0.5, 0.6) is 0 Å². The van der Waals surface area contributed by atoms with Crippen molar-refractivity contribution in [3.05, 3.63) is 0 Å². The Hall–Kier alpha value is -0.170. The summed E-state index contributed by atoms with van der Waals surface area (Å²) in [6.07, 6.45) is 1.71. The third-order valence-corrected chi connectivity index (χ3v) is 7.66. The SMILES string of the molecule is CCCC=S(=O)(NS(=O)CCCC)NS(=O)(=O)C(F)(F)F. The van der Waals surface area contributed by atoms with Crippen LogP contribution in [0.4, 0.5) is 13.2 Å². The zero-order valence-electron chi connectivity index (χ0n) is 11.6. The van der Waals surface area contributed by atoms with E-state index in [0.717, 1.165) is 9.49 Å². The second kappa shape index (κ2) is 8.46. The largest absolute Gasteiger partial charge is 0.512 e. The van der Waals surface area contributed by atoms with Crippen molar-refractivity contribution in [2.24, 2.45) is 0 Å². The molecule has 0 heterocycles. The standard InChI is InChI=1S/C9H19F3N2O4S3/c1-3-5-7-19(15)13-20(16,8-6-4-2)14-21(17,18)9(10,11)12/h8H,3-7H2,1-2H3,(H2,13,14,16). The van der Waals surface area contributed by atoms with Crippen molar-refractivity contribution in [3.63, 3.8) is 0 Å². The fourth-order valence-corrected chi connectivity index (χ4v) is 6.26. The zero-order chi connectivity index (χ0) is 16.7. The Morgan fingerprint density at radius 2 is 1.71 bits per heavy atom. The molecule has 128 valence electrons. The van der Waals surface area contributed by atoms with E-state index in [1.165, 1.54) is 0 Å². The van der Waals surface area contributed by atoms with E-state index < -0.39 is 36.4 Å². The first-order valence-electron chi connectivity index (χ1n) is 6.10. The van der Waals surface area contributed by atoms with Gasteiger partial charge in [0, 0.05) is 5.75 Å². The molecule has 0 bridgehead atoms.